The van der Waals surface area contributed by atoms with Gasteiger partial charge in [-0.1, -0.05) is 25.1 Å². The highest BCUT2D eigenvalue weighted by atomic mass is 32.1. The second kappa shape index (κ2) is 8.13. The van der Waals surface area contributed by atoms with Gasteiger partial charge in [0, 0.05) is 4.88 Å². The van der Waals surface area contributed by atoms with Crippen LogP contribution >= 0.6 is 11.3 Å². The molecule has 0 radical (unpaired) electrons. The molecule has 0 unspecified atom stereocenters. The molecule has 2 aromatic rings. The molecule has 1 aliphatic rings. The maximum atomic E-state index is 12.5. The molecule has 1 aromatic carbocycles. The number of methoxy groups -OCH3 is 1. The lowest BCUT2D eigenvalue weighted by atomic mass is 9.88. The second-order valence-electron chi connectivity index (χ2n) is 7.11. The number of thiophene rings is 1. The van der Waals surface area contributed by atoms with E-state index in [1.807, 2.05) is 32.0 Å². The van der Waals surface area contributed by atoms with Gasteiger partial charge in [-0.25, -0.2) is 4.79 Å². The van der Waals surface area contributed by atoms with Gasteiger partial charge in [0.25, 0.3) is 5.91 Å². The minimum absolute atomic E-state index is 0.106. The average molecular weight is 388 g/mol. The fourth-order valence-electron chi connectivity index (χ4n) is 3.48. The van der Waals surface area contributed by atoms with Crippen molar-refractivity contribution in [3.05, 3.63) is 45.3 Å². The highest BCUT2D eigenvalue weighted by Crippen LogP contribution is 2.40. The molecule has 6 heteroatoms. The van der Waals surface area contributed by atoms with Crippen LogP contribution in [0.2, 0.25) is 0 Å². The molecular weight excluding hydrogens is 362 g/mol. The number of para-hydroxylation sites is 1. The first-order chi connectivity index (χ1) is 12.9. The van der Waals surface area contributed by atoms with Crippen molar-refractivity contribution in [2.75, 3.05) is 19.0 Å². The lowest BCUT2D eigenvalue weighted by Crippen LogP contribution is -2.21. The number of carbonyl (C=O) groups is 2. The van der Waals surface area contributed by atoms with E-state index in [0.29, 0.717) is 16.5 Å². The van der Waals surface area contributed by atoms with Crippen molar-refractivity contribution in [3.8, 4) is 5.75 Å². The van der Waals surface area contributed by atoms with E-state index in [0.717, 1.165) is 41.7 Å². The molecule has 1 amide bonds. The number of benzene rings is 1. The van der Waals surface area contributed by atoms with Crippen molar-refractivity contribution >= 4 is 28.2 Å². The summed E-state index contributed by atoms with van der Waals surface area (Å²) >= 11 is 1.48. The SMILES string of the molecule is COC(=O)c1c(NC(=O)COc2c(C)cccc2C)sc2c1CC[C@H](C)C2. The maximum absolute atomic E-state index is 12.5. The van der Waals surface area contributed by atoms with E-state index >= 15 is 0 Å². The number of amides is 1. The Kier molecular flexibility index (Phi) is 5.85. The van der Waals surface area contributed by atoms with E-state index in [2.05, 4.69) is 12.2 Å². The van der Waals surface area contributed by atoms with Gasteiger partial charge in [-0.15, -0.1) is 11.3 Å². The van der Waals surface area contributed by atoms with Crippen molar-refractivity contribution in [2.45, 2.75) is 40.0 Å². The zero-order chi connectivity index (χ0) is 19.6. The predicted octanol–water partition coefficient (Wildman–Crippen LogP) is 4.29. The Hall–Kier alpha value is -2.34. The molecule has 0 saturated heterocycles. The molecule has 1 atom stereocenters. The number of hydrogen-bond acceptors (Lipinski definition) is 5. The summed E-state index contributed by atoms with van der Waals surface area (Å²) in [7, 11) is 1.37. The minimum atomic E-state index is -0.395. The average Bonchev–Trinajstić information content (AvgIpc) is 2.97. The Balaban J connectivity index is 1.76. The summed E-state index contributed by atoms with van der Waals surface area (Å²) in [5.41, 5.74) is 3.50. The molecule has 27 heavy (non-hydrogen) atoms. The molecule has 1 heterocycles. The summed E-state index contributed by atoms with van der Waals surface area (Å²) in [5.74, 6) is 0.625. The van der Waals surface area contributed by atoms with Gasteiger partial charge in [-0.3, -0.25) is 4.79 Å². The van der Waals surface area contributed by atoms with Gasteiger partial charge in [-0.2, -0.15) is 0 Å². The Morgan fingerprint density at radius 2 is 1.96 bits per heavy atom. The number of aryl methyl sites for hydroxylation is 2. The first-order valence-electron chi connectivity index (χ1n) is 9.12. The Morgan fingerprint density at radius 1 is 1.26 bits per heavy atom. The summed E-state index contributed by atoms with van der Waals surface area (Å²) in [6.45, 7) is 6.00. The largest absolute Gasteiger partial charge is 0.483 e. The summed E-state index contributed by atoms with van der Waals surface area (Å²) in [4.78, 5) is 25.9. The van der Waals surface area contributed by atoms with Crippen LogP contribution in [-0.4, -0.2) is 25.6 Å². The first-order valence-corrected chi connectivity index (χ1v) is 9.94. The fraction of sp³-hybridized carbons (Fsp3) is 0.429. The molecule has 0 aliphatic heterocycles. The second-order valence-corrected chi connectivity index (χ2v) is 8.21. The molecule has 0 saturated carbocycles. The third-order valence-corrected chi connectivity index (χ3v) is 6.08. The third-order valence-electron chi connectivity index (χ3n) is 4.91. The van der Waals surface area contributed by atoms with Crippen molar-refractivity contribution in [1.82, 2.24) is 0 Å². The lowest BCUT2D eigenvalue weighted by Gasteiger charge is -2.18. The van der Waals surface area contributed by atoms with Crippen LogP contribution in [0.25, 0.3) is 0 Å². The zero-order valence-electron chi connectivity index (χ0n) is 16.2. The monoisotopic (exact) mass is 387 g/mol. The van der Waals surface area contributed by atoms with Gasteiger partial charge >= 0.3 is 5.97 Å². The van der Waals surface area contributed by atoms with Gasteiger partial charge < -0.3 is 14.8 Å². The number of nitrogens with one attached hydrogen (secondary N) is 1. The topological polar surface area (TPSA) is 64.6 Å². The number of rotatable bonds is 5. The molecule has 5 nitrogen and oxygen atoms in total. The van der Waals surface area contributed by atoms with Crippen LogP contribution in [0.5, 0.6) is 5.75 Å². The molecule has 0 fully saturated rings. The molecule has 1 N–H and O–H groups in total. The number of hydrogen-bond donors (Lipinski definition) is 1. The van der Waals surface area contributed by atoms with Crippen LogP contribution < -0.4 is 10.1 Å². The summed E-state index contributed by atoms with van der Waals surface area (Å²) < 4.78 is 10.7. The van der Waals surface area contributed by atoms with E-state index < -0.39 is 5.97 Å². The lowest BCUT2D eigenvalue weighted by molar-refractivity contribution is -0.118. The van der Waals surface area contributed by atoms with Gasteiger partial charge in [0.2, 0.25) is 0 Å². The van der Waals surface area contributed by atoms with Crippen molar-refractivity contribution < 1.29 is 19.1 Å². The molecule has 3 rings (SSSR count). The summed E-state index contributed by atoms with van der Waals surface area (Å²) in [5, 5.41) is 3.43. The first kappa shape index (κ1) is 19.4. The number of anilines is 1. The molecule has 1 aliphatic carbocycles. The van der Waals surface area contributed by atoms with E-state index in [4.69, 9.17) is 9.47 Å². The predicted molar refractivity (Wildman–Crippen MR) is 107 cm³/mol. The van der Waals surface area contributed by atoms with Crippen LogP contribution in [0.1, 0.15) is 45.3 Å². The quantitative estimate of drug-likeness (QED) is 0.777. The maximum Gasteiger partial charge on any atom is 0.341 e. The van der Waals surface area contributed by atoms with Crippen LogP contribution in [0.15, 0.2) is 18.2 Å². The van der Waals surface area contributed by atoms with E-state index in [-0.39, 0.29) is 12.5 Å². The van der Waals surface area contributed by atoms with Crippen LogP contribution in [0.3, 0.4) is 0 Å². The Morgan fingerprint density at radius 3 is 2.63 bits per heavy atom. The van der Waals surface area contributed by atoms with Crippen molar-refractivity contribution in [3.63, 3.8) is 0 Å². The summed E-state index contributed by atoms with van der Waals surface area (Å²) in [6.07, 6.45) is 2.81. The molecule has 0 spiro atoms. The van der Waals surface area contributed by atoms with Gasteiger partial charge in [-0.05, 0) is 55.7 Å². The summed E-state index contributed by atoms with van der Waals surface area (Å²) in [6, 6.07) is 5.85. The Labute approximate surface area is 163 Å². The smallest absolute Gasteiger partial charge is 0.341 e. The van der Waals surface area contributed by atoms with Gasteiger partial charge in [0.15, 0.2) is 6.61 Å². The number of fused-ring (bicyclic) bond motifs is 1. The van der Waals surface area contributed by atoms with E-state index in [9.17, 15) is 9.59 Å². The molecule has 144 valence electrons. The number of carbonyl (C=O) groups excluding carboxylic acids is 2. The van der Waals surface area contributed by atoms with Crippen molar-refractivity contribution in [1.29, 1.82) is 0 Å². The van der Waals surface area contributed by atoms with Crippen LogP contribution in [-0.2, 0) is 22.4 Å². The Bertz CT molecular complexity index is 851. The highest BCUT2D eigenvalue weighted by molar-refractivity contribution is 7.17. The fourth-order valence-corrected chi connectivity index (χ4v) is 4.90. The number of esters is 1. The van der Waals surface area contributed by atoms with Gasteiger partial charge in [0.1, 0.15) is 10.8 Å². The normalized spacial score (nSPS) is 15.8. The van der Waals surface area contributed by atoms with Gasteiger partial charge in [0.05, 0.1) is 12.7 Å². The van der Waals surface area contributed by atoms with Crippen LogP contribution in [0.4, 0.5) is 5.00 Å². The zero-order valence-corrected chi connectivity index (χ0v) is 17.0. The van der Waals surface area contributed by atoms with Crippen LogP contribution in [0, 0.1) is 19.8 Å². The standard InChI is InChI=1S/C21H25NO4S/c1-12-8-9-15-16(10-12)27-20(18(15)21(24)25-4)22-17(23)11-26-19-13(2)6-5-7-14(19)3/h5-7,12H,8-11H2,1-4H3,(H,22,23)/t12-/m0/s1. The third kappa shape index (κ3) is 4.16. The molecular formula is C21H25NO4S. The van der Waals surface area contributed by atoms with Crippen molar-refractivity contribution in [2.24, 2.45) is 5.92 Å². The molecule has 0 bridgehead atoms. The van der Waals surface area contributed by atoms with E-state index in [1.165, 1.54) is 23.3 Å². The molecule has 1 aromatic heterocycles. The van der Waals surface area contributed by atoms with E-state index in [1.54, 1.807) is 0 Å². The minimum Gasteiger partial charge on any atom is -0.483 e. The number of ether oxygens (including phenoxy) is 2. The highest BCUT2D eigenvalue weighted by Gasteiger charge is 2.28.